The fourth-order valence-corrected chi connectivity index (χ4v) is 3.86. The van der Waals surface area contributed by atoms with E-state index in [1.165, 1.54) is 6.42 Å². The molecule has 2 saturated heterocycles. The summed E-state index contributed by atoms with van der Waals surface area (Å²) in [5, 5.41) is 6.57. The summed E-state index contributed by atoms with van der Waals surface area (Å²) in [7, 11) is 0. The van der Waals surface area contributed by atoms with Gasteiger partial charge in [0.2, 0.25) is 5.91 Å². The van der Waals surface area contributed by atoms with Gasteiger partial charge in [0.25, 0.3) is 5.91 Å². The van der Waals surface area contributed by atoms with Gasteiger partial charge in [-0.05, 0) is 44.2 Å². The zero-order valence-corrected chi connectivity index (χ0v) is 15.4. The Hall–Kier alpha value is -1.88. The molecule has 2 bridgehead atoms. The van der Waals surface area contributed by atoms with Gasteiger partial charge in [0.15, 0.2) is 0 Å². The molecule has 0 spiro atoms. The Bertz CT molecular complexity index is 644. The van der Waals surface area contributed by atoms with Crippen molar-refractivity contribution >= 4 is 11.8 Å². The summed E-state index contributed by atoms with van der Waals surface area (Å²) in [4.78, 5) is 27.6. The molecule has 3 atom stereocenters. The number of nitrogens with one attached hydrogen (secondary N) is 2. The van der Waals surface area contributed by atoms with Crippen molar-refractivity contribution in [3.05, 3.63) is 35.4 Å². The van der Waals surface area contributed by atoms with E-state index < -0.39 is 6.04 Å². The minimum Gasteiger partial charge on any atom is -0.340 e. The SMILES string of the molecule is Cc1cccc(C(=O)NC(C(=O)N2CCC3CCC(C2)N3)C(C)C)c1. The number of carbonyl (C=O) groups excluding carboxylic acids is 2. The Labute approximate surface area is 150 Å². The van der Waals surface area contributed by atoms with E-state index in [0.29, 0.717) is 17.6 Å². The predicted octanol–water partition coefficient (Wildman–Crippen LogP) is 2.10. The van der Waals surface area contributed by atoms with Crippen molar-refractivity contribution in [2.24, 2.45) is 5.92 Å². The van der Waals surface area contributed by atoms with E-state index in [9.17, 15) is 9.59 Å². The van der Waals surface area contributed by atoms with Gasteiger partial charge in [0.1, 0.15) is 6.04 Å². The van der Waals surface area contributed by atoms with Crippen molar-refractivity contribution in [2.75, 3.05) is 13.1 Å². The summed E-state index contributed by atoms with van der Waals surface area (Å²) >= 11 is 0. The molecule has 2 aliphatic rings. The molecule has 5 nitrogen and oxygen atoms in total. The van der Waals surface area contributed by atoms with Gasteiger partial charge < -0.3 is 15.5 Å². The second-order valence-electron chi connectivity index (χ2n) is 7.78. The number of amides is 2. The van der Waals surface area contributed by atoms with Crippen molar-refractivity contribution in [3.63, 3.8) is 0 Å². The molecule has 2 aliphatic heterocycles. The second-order valence-corrected chi connectivity index (χ2v) is 7.78. The Kier molecular flexibility index (Phi) is 5.42. The first-order chi connectivity index (χ1) is 11.9. The number of carbonyl (C=O) groups is 2. The maximum atomic E-state index is 13.1. The number of nitrogens with zero attached hydrogens (tertiary/aromatic N) is 1. The van der Waals surface area contributed by atoms with Gasteiger partial charge >= 0.3 is 0 Å². The van der Waals surface area contributed by atoms with Crippen LogP contribution >= 0.6 is 0 Å². The summed E-state index contributed by atoms with van der Waals surface area (Å²) in [6.45, 7) is 7.46. The van der Waals surface area contributed by atoms with Crippen LogP contribution in [0.4, 0.5) is 0 Å². The van der Waals surface area contributed by atoms with E-state index >= 15 is 0 Å². The normalized spacial score (nSPS) is 24.1. The highest BCUT2D eigenvalue weighted by molar-refractivity contribution is 5.97. The van der Waals surface area contributed by atoms with Crippen LogP contribution in [-0.2, 0) is 4.79 Å². The molecule has 0 aromatic heterocycles. The molecule has 2 fully saturated rings. The van der Waals surface area contributed by atoms with Crippen LogP contribution in [0.25, 0.3) is 0 Å². The molecule has 136 valence electrons. The van der Waals surface area contributed by atoms with Gasteiger partial charge in [0, 0.05) is 30.7 Å². The number of benzene rings is 1. The summed E-state index contributed by atoms with van der Waals surface area (Å²) < 4.78 is 0. The summed E-state index contributed by atoms with van der Waals surface area (Å²) in [5.74, 6) is -0.0785. The lowest BCUT2D eigenvalue weighted by Gasteiger charge is -2.30. The molecule has 0 aliphatic carbocycles. The molecular formula is C20H29N3O2. The molecule has 1 aromatic rings. The van der Waals surface area contributed by atoms with E-state index in [2.05, 4.69) is 10.6 Å². The van der Waals surface area contributed by atoms with Crippen molar-refractivity contribution in [2.45, 2.75) is 58.2 Å². The van der Waals surface area contributed by atoms with Crippen LogP contribution in [0.15, 0.2) is 24.3 Å². The molecule has 5 heteroatoms. The fraction of sp³-hybridized carbons (Fsp3) is 0.600. The zero-order valence-electron chi connectivity index (χ0n) is 15.4. The lowest BCUT2D eigenvalue weighted by Crippen LogP contribution is -2.53. The summed E-state index contributed by atoms with van der Waals surface area (Å²) in [6.07, 6.45) is 3.35. The van der Waals surface area contributed by atoms with Crippen LogP contribution in [-0.4, -0.2) is 47.9 Å². The predicted molar refractivity (Wildman–Crippen MR) is 98.4 cm³/mol. The highest BCUT2D eigenvalue weighted by Gasteiger charge is 2.35. The van der Waals surface area contributed by atoms with Crippen LogP contribution < -0.4 is 10.6 Å². The number of aryl methyl sites for hydroxylation is 1. The highest BCUT2D eigenvalue weighted by Crippen LogP contribution is 2.21. The molecular weight excluding hydrogens is 314 g/mol. The fourth-order valence-electron chi connectivity index (χ4n) is 3.86. The van der Waals surface area contributed by atoms with E-state index in [1.807, 2.05) is 43.9 Å². The number of hydrogen-bond donors (Lipinski definition) is 2. The van der Waals surface area contributed by atoms with Gasteiger partial charge in [-0.3, -0.25) is 9.59 Å². The topological polar surface area (TPSA) is 61.4 Å². The number of fused-ring (bicyclic) bond motifs is 2. The average Bonchev–Trinajstić information content (AvgIpc) is 2.90. The lowest BCUT2D eigenvalue weighted by atomic mass is 10.0. The maximum absolute atomic E-state index is 13.1. The van der Waals surface area contributed by atoms with E-state index in [0.717, 1.165) is 31.5 Å². The quantitative estimate of drug-likeness (QED) is 0.880. The standard InChI is InChI=1S/C20H29N3O2/c1-13(2)18(22-19(24)15-6-4-5-14(3)11-15)20(25)23-10-9-16-7-8-17(12-23)21-16/h4-6,11,13,16-18,21H,7-10,12H2,1-3H3,(H,22,24). The number of rotatable bonds is 4. The third kappa shape index (κ3) is 4.21. The van der Waals surface area contributed by atoms with Crippen molar-refractivity contribution in [3.8, 4) is 0 Å². The molecule has 1 aromatic carbocycles. The Balaban J connectivity index is 1.69. The first-order valence-corrected chi connectivity index (χ1v) is 9.36. The summed E-state index contributed by atoms with van der Waals surface area (Å²) in [5.41, 5.74) is 1.64. The van der Waals surface area contributed by atoms with Crippen LogP contribution in [0.2, 0.25) is 0 Å². The van der Waals surface area contributed by atoms with Gasteiger partial charge in [-0.15, -0.1) is 0 Å². The monoisotopic (exact) mass is 343 g/mol. The lowest BCUT2D eigenvalue weighted by molar-refractivity contribution is -0.134. The smallest absolute Gasteiger partial charge is 0.251 e. The minimum absolute atomic E-state index is 0.0466. The summed E-state index contributed by atoms with van der Waals surface area (Å²) in [6, 6.07) is 7.93. The minimum atomic E-state index is -0.482. The molecule has 2 N–H and O–H groups in total. The van der Waals surface area contributed by atoms with Gasteiger partial charge in [0.05, 0.1) is 0 Å². The number of likely N-dealkylation sites (tertiary alicyclic amines) is 1. The third-order valence-electron chi connectivity index (χ3n) is 5.33. The van der Waals surface area contributed by atoms with Crippen molar-refractivity contribution in [1.29, 1.82) is 0 Å². The van der Waals surface area contributed by atoms with E-state index in [-0.39, 0.29) is 17.7 Å². The molecule has 25 heavy (non-hydrogen) atoms. The Morgan fingerprint density at radius 2 is 1.96 bits per heavy atom. The first kappa shape index (κ1) is 17.9. The van der Waals surface area contributed by atoms with Gasteiger partial charge in [-0.1, -0.05) is 31.5 Å². The molecule has 3 unspecified atom stereocenters. The van der Waals surface area contributed by atoms with Crippen LogP contribution in [0, 0.1) is 12.8 Å². The van der Waals surface area contributed by atoms with Crippen molar-refractivity contribution < 1.29 is 9.59 Å². The third-order valence-corrected chi connectivity index (χ3v) is 5.33. The maximum Gasteiger partial charge on any atom is 0.251 e. The van der Waals surface area contributed by atoms with Crippen LogP contribution in [0.5, 0.6) is 0 Å². The highest BCUT2D eigenvalue weighted by atomic mass is 16.2. The van der Waals surface area contributed by atoms with Gasteiger partial charge in [-0.2, -0.15) is 0 Å². The molecule has 2 amide bonds. The Morgan fingerprint density at radius 3 is 2.68 bits per heavy atom. The van der Waals surface area contributed by atoms with E-state index in [4.69, 9.17) is 0 Å². The average molecular weight is 343 g/mol. The number of hydrogen-bond acceptors (Lipinski definition) is 3. The van der Waals surface area contributed by atoms with Crippen LogP contribution in [0.1, 0.15) is 49.0 Å². The van der Waals surface area contributed by atoms with Crippen LogP contribution in [0.3, 0.4) is 0 Å². The molecule has 0 radical (unpaired) electrons. The van der Waals surface area contributed by atoms with Gasteiger partial charge in [-0.25, -0.2) is 0 Å². The molecule has 2 heterocycles. The molecule has 3 rings (SSSR count). The zero-order chi connectivity index (χ0) is 18.0. The van der Waals surface area contributed by atoms with Crippen molar-refractivity contribution in [1.82, 2.24) is 15.5 Å². The largest absolute Gasteiger partial charge is 0.340 e. The van der Waals surface area contributed by atoms with E-state index in [1.54, 1.807) is 6.07 Å². The second kappa shape index (κ2) is 7.56. The Morgan fingerprint density at radius 1 is 1.20 bits per heavy atom. The molecule has 0 saturated carbocycles. The first-order valence-electron chi connectivity index (χ1n) is 9.36.